The highest BCUT2D eigenvalue weighted by Crippen LogP contribution is 2.28. The molecule has 3 N–H and O–H groups in total. The Balaban J connectivity index is 2.26. The molecule has 0 bridgehead atoms. The van der Waals surface area contributed by atoms with Crippen LogP contribution < -0.4 is 11.1 Å². The molecule has 0 atom stereocenters. The van der Waals surface area contributed by atoms with Crippen molar-refractivity contribution in [1.29, 1.82) is 0 Å². The van der Waals surface area contributed by atoms with Gasteiger partial charge in [-0.05, 0) is 31.5 Å². The molecule has 2 rings (SSSR count). The molecule has 0 aliphatic rings. The van der Waals surface area contributed by atoms with Crippen molar-refractivity contribution < 1.29 is 4.79 Å². The highest BCUT2D eigenvalue weighted by atomic mass is 79.9. The van der Waals surface area contributed by atoms with Crippen molar-refractivity contribution in [2.45, 2.75) is 13.8 Å². The van der Waals surface area contributed by atoms with E-state index in [-0.39, 0.29) is 11.6 Å². The molecule has 0 spiro atoms. The van der Waals surface area contributed by atoms with E-state index in [4.69, 9.17) is 5.73 Å². The lowest BCUT2D eigenvalue weighted by atomic mass is 10.1. The van der Waals surface area contributed by atoms with Crippen LogP contribution in [0.5, 0.6) is 0 Å². The molecular formula is C13H13BrN4O. The fourth-order valence-corrected chi connectivity index (χ4v) is 2.22. The summed E-state index contributed by atoms with van der Waals surface area (Å²) in [6, 6.07) is 3.62. The zero-order chi connectivity index (χ0) is 14.0. The third-order valence-corrected chi connectivity index (χ3v) is 3.04. The molecule has 98 valence electrons. The first-order valence-corrected chi connectivity index (χ1v) is 6.42. The molecule has 1 amide bonds. The minimum absolute atomic E-state index is 0.257. The van der Waals surface area contributed by atoms with E-state index in [9.17, 15) is 4.79 Å². The van der Waals surface area contributed by atoms with Crippen molar-refractivity contribution in [2.24, 2.45) is 0 Å². The Morgan fingerprint density at radius 3 is 2.58 bits per heavy atom. The first kappa shape index (κ1) is 13.5. The van der Waals surface area contributed by atoms with Crippen LogP contribution in [0.4, 0.5) is 11.4 Å². The molecule has 0 aliphatic carbocycles. The predicted octanol–water partition coefficient (Wildman–Crippen LogP) is 2.69. The van der Waals surface area contributed by atoms with Gasteiger partial charge in [0.2, 0.25) is 0 Å². The second-order valence-electron chi connectivity index (χ2n) is 4.18. The van der Waals surface area contributed by atoms with E-state index < -0.39 is 0 Å². The Hall–Kier alpha value is -1.95. The van der Waals surface area contributed by atoms with Gasteiger partial charge in [0, 0.05) is 10.7 Å². The molecule has 5 nitrogen and oxygen atoms in total. The Bertz CT molecular complexity index is 602. The summed E-state index contributed by atoms with van der Waals surface area (Å²) >= 11 is 3.35. The number of amides is 1. The van der Waals surface area contributed by atoms with Crippen LogP contribution in [0, 0.1) is 13.8 Å². The minimum atomic E-state index is -0.329. The highest BCUT2D eigenvalue weighted by Gasteiger charge is 2.12. The standard InChI is InChI=1S/C13H13BrN4O/c1-7-3-9(14)4-10(15)12(7)18-13(19)11-6-16-8(2)5-17-11/h3-6H,15H2,1-2H3,(H,18,19). The fraction of sp³-hybridized carbons (Fsp3) is 0.154. The summed E-state index contributed by atoms with van der Waals surface area (Å²) < 4.78 is 0.871. The summed E-state index contributed by atoms with van der Waals surface area (Å²) in [6.07, 6.45) is 2.99. The highest BCUT2D eigenvalue weighted by molar-refractivity contribution is 9.10. The van der Waals surface area contributed by atoms with Gasteiger partial charge in [-0.1, -0.05) is 15.9 Å². The first-order valence-electron chi connectivity index (χ1n) is 5.63. The van der Waals surface area contributed by atoms with Crippen molar-refractivity contribution in [3.8, 4) is 0 Å². The number of aryl methyl sites for hydroxylation is 2. The van der Waals surface area contributed by atoms with E-state index in [0.29, 0.717) is 11.4 Å². The average Bonchev–Trinajstić information content (AvgIpc) is 2.34. The Kier molecular flexibility index (Phi) is 3.80. The van der Waals surface area contributed by atoms with Gasteiger partial charge in [0.1, 0.15) is 5.69 Å². The molecule has 0 aliphatic heterocycles. The van der Waals surface area contributed by atoms with Crippen LogP contribution in [0.3, 0.4) is 0 Å². The van der Waals surface area contributed by atoms with Crippen molar-refractivity contribution >= 4 is 33.2 Å². The molecule has 2 aromatic rings. The number of carbonyl (C=O) groups is 1. The minimum Gasteiger partial charge on any atom is -0.397 e. The number of aromatic nitrogens is 2. The maximum absolute atomic E-state index is 12.0. The number of halogens is 1. The van der Waals surface area contributed by atoms with E-state index in [1.54, 1.807) is 12.3 Å². The Morgan fingerprint density at radius 2 is 2.00 bits per heavy atom. The van der Waals surface area contributed by atoms with Crippen molar-refractivity contribution in [1.82, 2.24) is 9.97 Å². The molecule has 1 heterocycles. The third-order valence-electron chi connectivity index (χ3n) is 2.58. The zero-order valence-corrected chi connectivity index (χ0v) is 12.2. The van der Waals surface area contributed by atoms with Crippen LogP contribution >= 0.6 is 15.9 Å². The normalized spacial score (nSPS) is 10.3. The number of hydrogen-bond acceptors (Lipinski definition) is 4. The Labute approximate surface area is 119 Å². The van der Waals surface area contributed by atoms with Crippen LogP contribution in [0.1, 0.15) is 21.7 Å². The number of nitrogens with two attached hydrogens (primary N) is 1. The van der Waals surface area contributed by atoms with E-state index in [1.165, 1.54) is 6.20 Å². The topological polar surface area (TPSA) is 80.9 Å². The number of nitrogen functional groups attached to an aromatic ring is 1. The van der Waals surface area contributed by atoms with Crippen LogP contribution in [0.25, 0.3) is 0 Å². The summed E-state index contributed by atoms with van der Waals surface area (Å²) in [5.41, 5.74) is 8.88. The Morgan fingerprint density at radius 1 is 1.26 bits per heavy atom. The SMILES string of the molecule is Cc1cnc(C(=O)Nc2c(C)cc(Br)cc2N)cn1. The maximum Gasteiger partial charge on any atom is 0.275 e. The lowest BCUT2D eigenvalue weighted by Crippen LogP contribution is -2.16. The molecule has 1 aromatic heterocycles. The summed E-state index contributed by atoms with van der Waals surface area (Å²) in [4.78, 5) is 20.1. The van der Waals surface area contributed by atoms with Gasteiger partial charge in [0.05, 0.1) is 23.3 Å². The van der Waals surface area contributed by atoms with Crippen LogP contribution in [-0.2, 0) is 0 Å². The van der Waals surface area contributed by atoms with Crippen LogP contribution in [0.2, 0.25) is 0 Å². The van der Waals surface area contributed by atoms with Crippen molar-refractivity contribution in [3.63, 3.8) is 0 Å². The summed E-state index contributed by atoms with van der Waals surface area (Å²) in [5, 5.41) is 2.75. The van der Waals surface area contributed by atoms with E-state index >= 15 is 0 Å². The quantitative estimate of drug-likeness (QED) is 0.833. The molecule has 0 saturated carbocycles. The number of carbonyl (C=O) groups excluding carboxylic acids is 1. The monoisotopic (exact) mass is 320 g/mol. The largest absolute Gasteiger partial charge is 0.397 e. The van der Waals surface area contributed by atoms with Gasteiger partial charge in [-0.15, -0.1) is 0 Å². The number of anilines is 2. The van der Waals surface area contributed by atoms with Gasteiger partial charge in [0.15, 0.2) is 0 Å². The molecule has 0 saturated heterocycles. The maximum atomic E-state index is 12.0. The molecule has 0 fully saturated rings. The number of benzene rings is 1. The molecule has 6 heteroatoms. The number of nitrogens with one attached hydrogen (secondary N) is 1. The third kappa shape index (κ3) is 3.08. The van der Waals surface area contributed by atoms with Gasteiger partial charge in [0.25, 0.3) is 5.91 Å². The van der Waals surface area contributed by atoms with Crippen LogP contribution in [-0.4, -0.2) is 15.9 Å². The van der Waals surface area contributed by atoms with E-state index in [0.717, 1.165) is 15.7 Å². The lowest BCUT2D eigenvalue weighted by molar-refractivity contribution is 0.102. The van der Waals surface area contributed by atoms with E-state index in [2.05, 4.69) is 31.2 Å². The molecule has 0 unspecified atom stereocenters. The predicted molar refractivity (Wildman–Crippen MR) is 78.0 cm³/mol. The first-order chi connectivity index (χ1) is 8.97. The summed E-state index contributed by atoms with van der Waals surface area (Å²) in [5.74, 6) is -0.329. The number of nitrogens with zero attached hydrogens (tertiary/aromatic N) is 2. The molecule has 19 heavy (non-hydrogen) atoms. The number of hydrogen-bond donors (Lipinski definition) is 2. The van der Waals surface area contributed by atoms with Crippen molar-refractivity contribution in [3.05, 3.63) is 46.0 Å². The smallest absolute Gasteiger partial charge is 0.275 e. The van der Waals surface area contributed by atoms with Crippen molar-refractivity contribution in [2.75, 3.05) is 11.1 Å². The van der Waals surface area contributed by atoms with Gasteiger partial charge in [-0.2, -0.15) is 0 Å². The fourth-order valence-electron chi connectivity index (χ4n) is 1.63. The second-order valence-corrected chi connectivity index (χ2v) is 5.10. The average molecular weight is 321 g/mol. The zero-order valence-electron chi connectivity index (χ0n) is 10.6. The summed E-state index contributed by atoms with van der Waals surface area (Å²) in [7, 11) is 0. The molecule has 0 radical (unpaired) electrons. The van der Waals surface area contributed by atoms with Gasteiger partial charge < -0.3 is 11.1 Å². The molecular weight excluding hydrogens is 308 g/mol. The van der Waals surface area contributed by atoms with E-state index in [1.807, 2.05) is 19.9 Å². The van der Waals surface area contributed by atoms with Gasteiger partial charge in [-0.3, -0.25) is 9.78 Å². The molecule has 1 aromatic carbocycles. The van der Waals surface area contributed by atoms with Gasteiger partial charge >= 0.3 is 0 Å². The lowest BCUT2D eigenvalue weighted by Gasteiger charge is -2.11. The number of rotatable bonds is 2. The summed E-state index contributed by atoms with van der Waals surface area (Å²) in [6.45, 7) is 3.68. The van der Waals surface area contributed by atoms with Gasteiger partial charge in [-0.25, -0.2) is 4.98 Å². The van der Waals surface area contributed by atoms with Crippen LogP contribution in [0.15, 0.2) is 29.0 Å². The second kappa shape index (κ2) is 5.36.